The fourth-order valence-electron chi connectivity index (χ4n) is 2.14. The molecule has 1 aromatic rings. The minimum Gasteiger partial charge on any atom is -0.478 e. The molecule has 4 heteroatoms. The summed E-state index contributed by atoms with van der Waals surface area (Å²) in [6.07, 6.45) is 1.01. The molecule has 2 N–H and O–H groups in total. The summed E-state index contributed by atoms with van der Waals surface area (Å²) in [5, 5.41) is 12.4. The van der Waals surface area contributed by atoms with Gasteiger partial charge in [-0.3, -0.25) is 0 Å². The maximum atomic E-state index is 11.2. The van der Waals surface area contributed by atoms with Crippen LogP contribution in [-0.2, 0) is 0 Å². The molecular weight excluding hydrogens is 240 g/mol. The SMILES string of the molecule is CCN(CC)CCCNc1c(C)cccc1C(=O)O. The average molecular weight is 264 g/mol. The second-order valence-electron chi connectivity index (χ2n) is 4.61. The number of anilines is 1. The van der Waals surface area contributed by atoms with Crippen molar-refractivity contribution in [2.24, 2.45) is 0 Å². The van der Waals surface area contributed by atoms with Crippen LogP contribution in [0.5, 0.6) is 0 Å². The van der Waals surface area contributed by atoms with E-state index in [1.54, 1.807) is 12.1 Å². The van der Waals surface area contributed by atoms with E-state index in [-0.39, 0.29) is 0 Å². The minimum absolute atomic E-state index is 0.350. The molecule has 4 nitrogen and oxygen atoms in total. The normalized spacial score (nSPS) is 10.7. The number of benzene rings is 1. The molecule has 0 saturated heterocycles. The second kappa shape index (κ2) is 7.79. The van der Waals surface area contributed by atoms with Crippen molar-refractivity contribution in [1.29, 1.82) is 0 Å². The number of carbonyl (C=O) groups is 1. The molecule has 0 fully saturated rings. The van der Waals surface area contributed by atoms with Gasteiger partial charge >= 0.3 is 5.97 Å². The van der Waals surface area contributed by atoms with Gasteiger partial charge < -0.3 is 15.3 Å². The van der Waals surface area contributed by atoms with Crippen LogP contribution in [0.3, 0.4) is 0 Å². The molecule has 0 saturated carbocycles. The molecule has 0 bridgehead atoms. The molecule has 19 heavy (non-hydrogen) atoms. The molecule has 1 aromatic carbocycles. The first kappa shape index (κ1) is 15.5. The van der Waals surface area contributed by atoms with Crippen molar-refractivity contribution >= 4 is 11.7 Å². The maximum absolute atomic E-state index is 11.2. The molecular formula is C15H24N2O2. The summed E-state index contributed by atoms with van der Waals surface area (Å²) in [6, 6.07) is 5.35. The highest BCUT2D eigenvalue weighted by Gasteiger charge is 2.11. The van der Waals surface area contributed by atoms with E-state index in [2.05, 4.69) is 24.1 Å². The number of nitrogens with one attached hydrogen (secondary N) is 1. The van der Waals surface area contributed by atoms with E-state index >= 15 is 0 Å². The highest BCUT2D eigenvalue weighted by molar-refractivity contribution is 5.95. The van der Waals surface area contributed by atoms with Gasteiger partial charge in [-0.25, -0.2) is 4.79 Å². The molecule has 106 valence electrons. The molecule has 0 aliphatic heterocycles. The van der Waals surface area contributed by atoms with E-state index in [1.165, 1.54) is 0 Å². The lowest BCUT2D eigenvalue weighted by Gasteiger charge is -2.18. The van der Waals surface area contributed by atoms with Crippen LogP contribution < -0.4 is 5.32 Å². The first-order chi connectivity index (χ1) is 9.10. The number of rotatable bonds is 8. The van der Waals surface area contributed by atoms with Crippen molar-refractivity contribution in [2.45, 2.75) is 27.2 Å². The van der Waals surface area contributed by atoms with Gasteiger partial charge in [0.05, 0.1) is 11.3 Å². The third kappa shape index (κ3) is 4.56. The second-order valence-corrected chi connectivity index (χ2v) is 4.61. The summed E-state index contributed by atoms with van der Waals surface area (Å²) in [5.74, 6) is -0.880. The average Bonchev–Trinajstić information content (AvgIpc) is 2.40. The Morgan fingerprint density at radius 1 is 1.32 bits per heavy atom. The van der Waals surface area contributed by atoms with Gasteiger partial charge in [-0.15, -0.1) is 0 Å². The van der Waals surface area contributed by atoms with E-state index in [1.807, 2.05) is 13.0 Å². The predicted molar refractivity (Wildman–Crippen MR) is 79.0 cm³/mol. The number of carboxylic acids is 1. The number of aryl methyl sites for hydroxylation is 1. The molecule has 0 aromatic heterocycles. The fourth-order valence-corrected chi connectivity index (χ4v) is 2.14. The monoisotopic (exact) mass is 264 g/mol. The molecule has 0 unspecified atom stereocenters. The summed E-state index contributed by atoms with van der Waals surface area (Å²) >= 11 is 0. The van der Waals surface area contributed by atoms with Gasteiger partial charge in [0.15, 0.2) is 0 Å². The summed E-state index contributed by atoms with van der Waals surface area (Å²) in [6.45, 7) is 10.2. The molecule has 0 radical (unpaired) electrons. The number of para-hydroxylation sites is 1. The molecule has 0 aliphatic rings. The van der Waals surface area contributed by atoms with Crippen LogP contribution in [0.2, 0.25) is 0 Å². The topological polar surface area (TPSA) is 52.6 Å². The van der Waals surface area contributed by atoms with Gasteiger partial charge in [0.1, 0.15) is 0 Å². The smallest absolute Gasteiger partial charge is 0.337 e. The zero-order valence-corrected chi connectivity index (χ0v) is 12.1. The van der Waals surface area contributed by atoms with Gasteiger partial charge in [0.25, 0.3) is 0 Å². The Kier molecular flexibility index (Phi) is 6.36. The highest BCUT2D eigenvalue weighted by atomic mass is 16.4. The lowest BCUT2D eigenvalue weighted by Crippen LogP contribution is -2.25. The van der Waals surface area contributed by atoms with Crippen LogP contribution >= 0.6 is 0 Å². The van der Waals surface area contributed by atoms with Crippen LogP contribution in [-0.4, -0.2) is 42.2 Å². The van der Waals surface area contributed by atoms with E-state index in [0.717, 1.165) is 43.9 Å². The number of aromatic carboxylic acids is 1. The molecule has 0 heterocycles. The summed E-state index contributed by atoms with van der Waals surface area (Å²) in [5.41, 5.74) is 2.07. The van der Waals surface area contributed by atoms with E-state index in [0.29, 0.717) is 5.56 Å². The van der Waals surface area contributed by atoms with Crippen LogP contribution in [0, 0.1) is 6.92 Å². The number of hydrogen-bond acceptors (Lipinski definition) is 3. The van der Waals surface area contributed by atoms with Crippen LogP contribution in [0.25, 0.3) is 0 Å². The van der Waals surface area contributed by atoms with E-state index in [4.69, 9.17) is 5.11 Å². The van der Waals surface area contributed by atoms with E-state index in [9.17, 15) is 4.79 Å². The Morgan fingerprint density at radius 2 is 2.00 bits per heavy atom. The Labute approximate surface area is 115 Å². The molecule has 0 spiro atoms. The van der Waals surface area contributed by atoms with Gasteiger partial charge in [0.2, 0.25) is 0 Å². The molecule has 0 atom stereocenters. The standard InChI is InChI=1S/C15H24N2O2/c1-4-17(5-2)11-7-10-16-14-12(3)8-6-9-13(14)15(18)19/h6,8-9,16H,4-5,7,10-11H2,1-3H3,(H,18,19). The number of hydrogen-bond donors (Lipinski definition) is 2. The molecule has 0 amide bonds. The number of carboxylic acid groups (broad SMARTS) is 1. The quantitative estimate of drug-likeness (QED) is 0.709. The summed E-state index contributed by atoms with van der Waals surface area (Å²) < 4.78 is 0. The van der Waals surface area contributed by atoms with Gasteiger partial charge in [-0.2, -0.15) is 0 Å². The maximum Gasteiger partial charge on any atom is 0.337 e. The van der Waals surface area contributed by atoms with Crippen LogP contribution in [0.1, 0.15) is 36.2 Å². The first-order valence-electron chi connectivity index (χ1n) is 6.89. The molecule has 0 aliphatic carbocycles. The summed E-state index contributed by atoms with van der Waals surface area (Å²) in [4.78, 5) is 13.5. The third-order valence-electron chi connectivity index (χ3n) is 3.35. The lowest BCUT2D eigenvalue weighted by molar-refractivity contribution is 0.0698. The molecule has 1 rings (SSSR count). The third-order valence-corrected chi connectivity index (χ3v) is 3.35. The Bertz CT molecular complexity index is 415. The van der Waals surface area contributed by atoms with E-state index < -0.39 is 5.97 Å². The van der Waals surface area contributed by atoms with Crippen molar-refractivity contribution in [3.05, 3.63) is 29.3 Å². The zero-order chi connectivity index (χ0) is 14.3. The van der Waals surface area contributed by atoms with Crippen molar-refractivity contribution in [3.8, 4) is 0 Å². The summed E-state index contributed by atoms with van der Waals surface area (Å²) in [7, 11) is 0. The van der Waals surface area contributed by atoms with Crippen molar-refractivity contribution in [3.63, 3.8) is 0 Å². The lowest BCUT2D eigenvalue weighted by atomic mass is 10.1. The van der Waals surface area contributed by atoms with Gasteiger partial charge in [-0.05, 0) is 44.6 Å². The minimum atomic E-state index is -0.880. The first-order valence-corrected chi connectivity index (χ1v) is 6.89. The predicted octanol–water partition coefficient (Wildman–Crippen LogP) is 2.84. The fraction of sp³-hybridized carbons (Fsp3) is 0.533. The largest absolute Gasteiger partial charge is 0.478 e. The Morgan fingerprint density at radius 3 is 2.58 bits per heavy atom. The van der Waals surface area contributed by atoms with Crippen molar-refractivity contribution in [2.75, 3.05) is 31.5 Å². The van der Waals surface area contributed by atoms with Crippen LogP contribution in [0.15, 0.2) is 18.2 Å². The Balaban J connectivity index is 2.56. The van der Waals surface area contributed by atoms with Crippen LogP contribution in [0.4, 0.5) is 5.69 Å². The van der Waals surface area contributed by atoms with Gasteiger partial charge in [-0.1, -0.05) is 26.0 Å². The van der Waals surface area contributed by atoms with Crippen molar-refractivity contribution in [1.82, 2.24) is 4.90 Å². The number of nitrogens with zero attached hydrogens (tertiary/aromatic N) is 1. The Hall–Kier alpha value is -1.55. The highest BCUT2D eigenvalue weighted by Crippen LogP contribution is 2.20. The van der Waals surface area contributed by atoms with Crippen molar-refractivity contribution < 1.29 is 9.90 Å². The van der Waals surface area contributed by atoms with Gasteiger partial charge in [0, 0.05) is 6.54 Å². The zero-order valence-electron chi connectivity index (χ0n) is 12.1.